The molecule has 0 bridgehead atoms. The molecule has 0 aliphatic carbocycles. The van der Waals surface area contributed by atoms with E-state index in [1.165, 1.54) is 13.3 Å². The Labute approximate surface area is 150 Å². The normalized spacial score (nSPS) is 10.2. The van der Waals surface area contributed by atoms with Crippen LogP contribution in [0.2, 0.25) is 0 Å². The summed E-state index contributed by atoms with van der Waals surface area (Å²) >= 11 is 0. The van der Waals surface area contributed by atoms with Gasteiger partial charge in [-0.1, -0.05) is 12.1 Å². The van der Waals surface area contributed by atoms with E-state index in [-0.39, 0.29) is 18.1 Å². The van der Waals surface area contributed by atoms with Crippen LogP contribution in [0.15, 0.2) is 65.4 Å². The maximum absolute atomic E-state index is 12.2. The summed E-state index contributed by atoms with van der Waals surface area (Å²) in [4.78, 5) is 28.2. The number of esters is 1. The van der Waals surface area contributed by atoms with Crippen LogP contribution < -0.4 is 10.6 Å². The van der Waals surface area contributed by atoms with Crippen molar-refractivity contribution in [2.24, 2.45) is 0 Å². The molecule has 7 heteroatoms. The lowest BCUT2D eigenvalue weighted by Gasteiger charge is -2.11. The predicted molar refractivity (Wildman–Crippen MR) is 95.2 cm³/mol. The van der Waals surface area contributed by atoms with Gasteiger partial charge in [0.25, 0.3) is 5.91 Å². The quantitative estimate of drug-likeness (QED) is 0.663. The van der Waals surface area contributed by atoms with E-state index in [0.717, 1.165) is 0 Å². The number of hydrogen-bond acceptors (Lipinski definition) is 6. The first-order valence-electron chi connectivity index (χ1n) is 7.88. The Balaban J connectivity index is 1.73. The minimum atomic E-state index is -0.446. The number of anilines is 2. The molecule has 0 fully saturated rings. The number of aromatic nitrogens is 1. The van der Waals surface area contributed by atoms with Crippen molar-refractivity contribution in [3.05, 3.63) is 78.0 Å². The molecule has 0 spiro atoms. The number of amides is 1. The zero-order valence-electron chi connectivity index (χ0n) is 14.1. The summed E-state index contributed by atoms with van der Waals surface area (Å²) in [5.41, 5.74) is 1.85. The molecule has 0 aliphatic heterocycles. The van der Waals surface area contributed by atoms with E-state index < -0.39 is 5.97 Å². The van der Waals surface area contributed by atoms with Crippen molar-refractivity contribution >= 4 is 23.3 Å². The SMILES string of the molecule is COC(=O)c1ccccc1Nc1ccnc(C(=O)NCc2ccco2)c1. The van der Waals surface area contributed by atoms with E-state index in [4.69, 9.17) is 9.15 Å². The van der Waals surface area contributed by atoms with E-state index in [2.05, 4.69) is 15.6 Å². The van der Waals surface area contributed by atoms with Gasteiger partial charge >= 0.3 is 5.97 Å². The summed E-state index contributed by atoms with van der Waals surface area (Å²) in [5, 5.41) is 5.85. The van der Waals surface area contributed by atoms with Crippen LogP contribution in [0.5, 0.6) is 0 Å². The number of rotatable bonds is 6. The number of nitrogens with one attached hydrogen (secondary N) is 2. The highest BCUT2D eigenvalue weighted by molar-refractivity contribution is 5.97. The number of pyridine rings is 1. The molecule has 2 N–H and O–H groups in total. The average molecular weight is 351 g/mol. The first-order chi connectivity index (χ1) is 12.7. The first kappa shape index (κ1) is 17.2. The van der Waals surface area contributed by atoms with E-state index in [9.17, 15) is 9.59 Å². The Morgan fingerprint density at radius 3 is 2.77 bits per heavy atom. The van der Waals surface area contributed by atoms with E-state index in [1.54, 1.807) is 54.8 Å². The number of methoxy groups -OCH3 is 1. The molecule has 0 unspecified atom stereocenters. The summed E-state index contributed by atoms with van der Waals surface area (Å²) in [6.07, 6.45) is 3.06. The average Bonchev–Trinajstić information content (AvgIpc) is 3.20. The first-order valence-corrected chi connectivity index (χ1v) is 7.88. The fourth-order valence-corrected chi connectivity index (χ4v) is 2.34. The summed E-state index contributed by atoms with van der Waals surface area (Å²) in [6.45, 7) is 0.274. The third kappa shape index (κ3) is 4.07. The van der Waals surface area contributed by atoms with Crippen LogP contribution in [-0.4, -0.2) is 24.0 Å². The second kappa shape index (κ2) is 7.98. The Bertz CT molecular complexity index is 907. The van der Waals surface area contributed by atoms with Crippen LogP contribution in [0.25, 0.3) is 0 Å². The number of hydrogen-bond donors (Lipinski definition) is 2. The molecule has 7 nitrogen and oxygen atoms in total. The van der Waals surface area contributed by atoms with Gasteiger partial charge in [-0.05, 0) is 36.4 Å². The maximum atomic E-state index is 12.2. The van der Waals surface area contributed by atoms with Crippen LogP contribution in [0.3, 0.4) is 0 Å². The molecule has 1 amide bonds. The summed E-state index contributed by atoms with van der Waals surface area (Å²) < 4.78 is 9.96. The molecule has 0 saturated carbocycles. The van der Waals surface area contributed by atoms with Crippen LogP contribution in [0.4, 0.5) is 11.4 Å². The molecule has 132 valence electrons. The maximum Gasteiger partial charge on any atom is 0.339 e. The van der Waals surface area contributed by atoms with Gasteiger partial charge in [0.1, 0.15) is 11.5 Å². The van der Waals surface area contributed by atoms with Crippen molar-refractivity contribution in [1.82, 2.24) is 10.3 Å². The smallest absolute Gasteiger partial charge is 0.339 e. The van der Waals surface area contributed by atoms with Gasteiger partial charge in [0.2, 0.25) is 0 Å². The Hall–Kier alpha value is -3.61. The number of para-hydroxylation sites is 1. The molecule has 0 aliphatic rings. The lowest BCUT2D eigenvalue weighted by molar-refractivity contribution is 0.0601. The molecule has 3 aromatic rings. The van der Waals surface area contributed by atoms with E-state index >= 15 is 0 Å². The lowest BCUT2D eigenvalue weighted by atomic mass is 10.1. The topological polar surface area (TPSA) is 93.5 Å². The summed E-state index contributed by atoms with van der Waals surface area (Å²) in [5.74, 6) is -0.121. The fourth-order valence-electron chi connectivity index (χ4n) is 2.34. The third-order valence-corrected chi connectivity index (χ3v) is 3.61. The van der Waals surface area contributed by atoms with Gasteiger partial charge in [-0.15, -0.1) is 0 Å². The largest absolute Gasteiger partial charge is 0.467 e. The molecular weight excluding hydrogens is 334 g/mol. The molecule has 2 heterocycles. The molecule has 0 atom stereocenters. The Morgan fingerprint density at radius 1 is 1.15 bits per heavy atom. The van der Waals surface area contributed by atoms with Gasteiger partial charge < -0.3 is 19.8 Å². The number of carbonyl (C=O) groups excluding carboxylic acids is 2. The molecule has 0 radical (unpaired) electrons. The van der Waals surface area contributed by atoms with Crippen molar-refractivity contribution in [2.75, 3.05) is 12.4 Å². The second-order valence-corrected chi connectivity index (χ2v) is 5.35. The van der Waals surface area contributed by atoms with E-state index in [1.807, 2.05) is 0 Å². The van der Waals surface area contributed by atoms with Crippen molar-refractivity contribution in [3.63, 3.8) is 0 Å². The zero-order chi connectivity index (χ0) is 18.4. The van der Waals surface area contributed by atoms with Crippen molar-refractivity contribution in [2.45, 2.75) is 6.54 Å². The van der Waals surface area contributed by atoms with Gasteiger partial charge in [0, 0.05) is 11.9 Å². The van der Waals surface area contributed by atoms with Crippen LogP contribution in [0.1, 0.15) is 26.6 Å². The number of nitrogens with zero attached hydrogens (tertiary/aromatic N) is 1. The molecule has 2 aromatic heterocycles. The number of furan rings is 1. The Kier molecular flexibility index (Phi) is 5.28. The van der Waals surface area contributed by atoms with Crippen LogP contribution in [-0.2, 0) is 11.3 Å². The summed E-state index contributed by atoms with van der Waals surface area (Å²) in [6, 6.07) is 13.8. The second-order valence-electron chi connectivity index (χ2n) is 5.35. The highest BCUT2D eigenvalue weighted by Crippen LogP contribution is 2.21. The van der Waals surface area contributed by atoms with Gasteiger partial charge in [0.05, 0.1) is 31.2 Å². The molecule has 0 saturated heterocycles. The van der Waals surface area contributed by atoms with Gasteiger partial charge in [0.15, 0.2) is 0 Å². The van der Waals surface area contributed by atoms with Crippen LogP contribution >= 0.6 is 0 Å². The van der Waals surface area contributed by atoms with Gasteiger partial charge in [-0.25, -0.2) is 4.79 Å². The molecule has 26 heavy (non-hydrogen) atoms. The predicted octanol–water partition coefficient (Wildman–Crippen LogP) is 3.13. The third-order valence-electron chi connectivity index (χ3n) is 3.61. The lowest BCUT2D eigenvalue weighted by Crippen LogP contribution is -2.23. The van der Waals surface area contributed by atoms with Crippen molar-refractivity contribution in [3.8, 4) is 0 Å². The molecule has 3 rings (SSSR count). The van der Waals surface area contributed by atoms with Crippen molar-refractivity contribution in [1.29, 1.82) is 0 Å². The number of ether oxygens (including phenoxy) is 1. The minimum Gasteiger partial charge on any atom is -0.467 e. The zero-order valence-corrected chi connectivity index (χ0v) is 14.1. The number of benzene rings is 1. The standard InChI is InChI=1S/C19H17N3O4/c1-25-19(24)15-6-2-3-7-16(15)22-13-8-9-20-17(11-13)18(23)21-12-14-5-4-10-26-14/h2-11H,12H2,1H3,(H,20,22)(H,21,23). The van der Waals surface area contributed by atoms with Gasteiger partial charge in [-0.2, -0.15) is 0 Å². The fraction of sp³-hybridized carbons (Fsp3) is 0.105. The van der Waals surface area contributed by atoms with E-state index in [0.29, 0.717) is 22.7 Å². The van der Waals surface area contributed by atoms with Crippen molar-refractivity contribution < 1.29 is 18.7 Å². The highest BCUT2D eigenvalue weighted by Gasteiger charge is 2.13. The summed E-state index contributed by atoms with van der Waals surface area (Å²) in [7, 11) is 1.33. The number of carbonyl (C=O) groups is 2. The van der Waals surface area contributed by atoms with Crippen LogP contribution in [0, 0.1) is 0 Å². The Morgan fingerprint density at radius 2 is 2.00 bits per heavy atom. The molecular formula is C19H17N3O4. The van der Waals surface area contributed by atoms with Gasteiger partial charge in [-0.3, -0.25) is 9.78 Å². The monoisotopic (exact) mass is 351 g/mol. The minimum absolute atomic E-state index is 0.247. The highest BCUT2D eigenvalue weighted by atomic mass is 16.5. The molecule has 1 aromatic carbocycles.